The smallest absolute Gasteiger partial charge is 0.259 e. The van der Waals surface area contributed by atoms with Crippen molar-refractivity contribution in [3.63, 3.8) is 0 Å². The number of anilines is 1. The summed E-state index contributed by atoms with van der Waals surface area (Å²) in [4.78, 5) is 16.9. The quantitative estimate of drug-likeness (QED) is 0.397. The van der Waals surface area contributed by atoms with E-state index in [1.165, 1.54) is 12.5 Å². The van der Waals surface area contributed by atoms with Gasteiger partial charge in [-0.15, -0.1) is 6.42 Å². The number of carbonyl (C=O) groups excluding carboxylic acids is 1. The Morgan fingerprint density at radius 3 is 3.05 bits per heavy atom. The molecule has 112 valence electrons. The van der Waals surface area contributed by atoms with Gasteiger partial charge in [0.15, 0.2) is 6.61 Å². The number of amides is 1. The number of nitrogens with one attached hydrogen (secondary N) is 1. The van der Waals surface area contributed by atoms with Crippen LogP contribution in [0.25, 0.3) is 0 Å². The summed E-state index contributed by atoms with van der Waals surface area (Å²) in [7, 11) is 0. The lowest BCUT2D eigenvalue weighted by atomic mass is 10.2. The summed E-state index contributed by atoms with van der Waals surface area (Å²) in [5.41, 5.74) is 1.65. The first-order valence-corrected chi connectivity index (χ1v) is 6.73. The third-order valence-electron chi connectivity index (χ3n) is 2.77. The van der Waals surface area contributed by atoms with Crippen LogP contribution < -0.4 is 5.32 Å². The summed E-state index contributed by atoms with van der Waals surface area (Å²) >= 11 is 6.06. The molecule has 0 aliphatic rings. The molecule has 0 saturated heterocycles. The molecular weight excluding hydrogens is 304 g/mol. The van der Waals surface area contributed by atoms with Gasteiger partial charge in [0.25, 0.3) is 5.91 Å². The van der Waals surface area contributed by atoms with Crippen molar-refractivity contribution in [3.8, 4) is 12.3 Å². The lowest BCUT2D eigenvalue weighted by molar-refractivity contribution is 0.102. The summed E-state index contributed by atoms with van der Waals surface area (Å²) in [5, 5.41) is 6.94. The second kappa shape index (κ2) is 7.34. The Morgan fingerprint density at radius 2 is 2.36 bits per heavy atom. The molecule has 1 aromatic carbocycles. The summed E-state index contributed by atoms with van der Waals surface area (Å²) in [6.07, 6.45) is 7.94. The van der Waals surface area contributed by atoms with E-state index in [4.69, 9.17) is 27.3 Å². The average molecular weight is 317 g/mol. The maximum atomic E-state index is 12.1. The molecule has 22 heavy (non-hydrogen) atoms. The predicted octanol–water partition coefficient (Wildman–Crippen LogP) is 3.48. The topological polar surface area (TPSA) is 63.8 Å². The second-order valence-electron chi connectivity index (χ2n) is 4.29. The van der Waals surface area contributed by atoms with E-state index in [2.05, 4.69) is 16.4 Å². The number of terminal acetylenes is 1. The van der Waals surface area contributed by atoms with Gasteiger partial charge in [0.2, 0.25) is 0 Å². The molecule has 0 aliphatic carbocycles. The van der Waals surface area contributed by atoms with E-state index >= 15 is 0 Å². The zero-order valence-corrected chi connectivity index (χ0v) is 12.6. The number of hydrogen-bond donors (Lipinski definition) is 1. The van der Waals surface area contributed by atoms with Crippen LogP contribution in [0.5, 0.6) is 0 Å². The third kappa shape index (κ3) is 3.90. The Balaban J connectivity index is 2.12. The number of furan rings is 1. The number of aryl methyl sites for hydroxylation is 1. The predicted molar refractivity (Wildman–Crippen MR) is 85.2 cm³/mol. The molecule has 2 rings (SSSR count). The van der Waals surface area contributed by atoms with Crippen LogP contribution in [0.4, 0.5) is 5.69 Å². The number of hydrogen-bond acceptors (Lipinski definition) is 4. The van der Waals surface area contributed by atoms with E-state index in [9.17, 15) is 4.79 Å². The van der Waals surface area contributed by atoms with Gasteiger partial charge in [0, 0.05) is 16.3 Å². The highest BCUT2D eigenvalue weighted by atomic mass is 35.5. The Bertz CT molecular complexity index is 744. The van der Waals surface area contributed by atoms with Crippen molar-refractivity contribution in [1.82, 2.24) is 0 Å². The molecule has 5 nitrogen and oxygen atoms in total. The van der Waals surface area contributed by atoms with E-state index in [0.717, 1.165) is 0 Å². The molecule has 0 unspecified atom stereocenters. The monoisotopic (exact) mass is 316 g/mol. The summed E-state index contributed by atoms with van der Waals surface area (Å²) in [6.45, 7) is 1.79. The minimum absolute atomic E-state index is 0.0737. The van der Waals surface area contributed by atoms with Gasteiger partial charge in [0.1, 0.15) is 5.76 Å². The molecule has 0 spiro atoms. The number of oxime groups is 1. The maximum absolute atomic E-state index is 12.1. The van der Waals surface area contributed by atoms with Crippen LogP contribution in [0.15, 0.2) is 40.1 Å². The highest BCUT2D eigenvalue weighted by Gasteiger charge is 2.12. The Morgan fingerprint density at radius 1 is 1.55 bits per heavy atom. The largest absolute Gasteiger partial charge is 0.469 e. The van der Waals surface area contributed by atoms with Crippen LogP contribution in [0.2, 0.25) is 5.02 Å². The van der Waals surface area contributed by atoms with Crippen molar-refractivity contribution in [1.29, 1.82) is 0 Å². The van der Waals surface area contributed by atoms with Crippen LogP contribution in [0.3, 0.4) is 0 Å². The molecule has 1 heterocycles. The Kier molecular flexibility index (Phi) is 5.23. The summed E-state index contributed by atoms with van der Waals surface area (Å²) in [6, 6.07) is 6.63. The molecule has 6 heteroatoms. The van der Waals surface area contributed by atoms with Gasteiger partial charge >= 0.3 is 0 Å². The van der Waals surface area contributed by atoms with E-state index in [1.807, 2.05) is 0 Å². The van der Waals surface area contributed by atoms with Gasteiger partial charge in [0.05, 0.1) is 18.0 Å². The van der Waals surface area contributed by atoms with Crippen molar-refractivity contribution in [2.45, 2.75) is 6.92 Å². The number of halogens is 1. The zero-order chi connectivity index (χ0) is 15.9. The normalized spacial score (nSPS) is 10.4. The van der Waals surface area contributed by atoms with Crippen LogP contribution in [-0.2, 0) is 4.84 Å². The highest BCUT2D eigenvalue weighted by Crippen LogP contribution is 2.20. The van der Waals surface area contributed by atoms with Gasteiger partial charge in [-0.05, 0) is 31.2 Å². The third-order valence-corrected chi connectivity index (χ3v) is 3.12. The SMILES string of the molecule is C#CCO/N=C/c1cc(NC(=O)c2ccoc2C)ccc1Cl. The minimum atomic E-state index is -0.264. The summed E-state index contributed by atoms with van der Waals surface area (Å²) in [5.74, 6) is 2.58. The van der Waals surface area contributed by atoms with Gasteiger partial charge in [-0.25, -0.2) is 0 Å². The van der Waals surface area contributed by atoms with E-state index in [1.54, 1.807) is 31.2 Å². The fraction of sp³-hybridized carbons (Fsp3) is 0.125. The first-order valence-electron chi connectivity index (χ1n) is 6.35. The molecular formula is C16H13ClN2O3. The van der Waals surface area contributed by atoms with E-state index in [0.29, 0.717) is 27.6 Å². The lowest BCUT2D eigenvalue weighted by Crippen LogP contribution is -2.12. The first kappa shape index (κ1) is 15.7. The standard InChI is InChI=1S/C16H13ClN2O3/c1-3-7-22-18-10-12-9-13(4-5-15(12)17)19-16(20)14-6-8-21-11(14)2/h1,4-6,8-10H,7H2,2H3,(H,19,20)/b18-10+. The molecule has 0 fully saturated rings. The highest BCUT2D eigenvalue weighted by molar-refractivity contribution is 6.33. The summed E-state index contributed by atoms with van der Waals surface area (Å²) < 4.78 is 5.11. The van der Waals surface area contributed by atoms with Crippen molar-refractivity contribution < 1.29 is 14.0 Å². The molecule has 1 amide bonds. The molecule has 0 aliphatic heterocycles. The molecule has 0 saturated carbocycles. The molecule has 1 N–H and O–H groups in total. The molecule has 0 atom stereocenters. The van der Waals surface area contributed by atoms with Crippen LogP contribution in [0, 0.1) is 19.3 Å². The molecule has 1 aromatic heterocycles. The van der Waals surface area contributed by atoms with Crippen molar-refractivity contribution >= 4 is 29.4 Å². The van der Waals surface area contributed by atoms with Crippen LogP contribution in [-0.4, -0.2) is 18.7 Å². The number of rotatable bonds is 5. The number of benzene rings is 1. The molecule has 2 aromatic rings. The lowest BCUT2D eigenvalue weighted by Gasteiger charge is -2.06. The minimum Gasteiger partial charge on any atom is -0.469 e. The van der Waals surface area contributed by atoms with E-state index in [-0.39, 0.29) is 12.5 Å². The first-order chi connectivity index (χ1) is 10.6. The van der Waals surface area contributed by atoms with Crippen molar-refractivity contribution in [2.75, 3.05) is 11.9 Å². The Labute approximate surface area is 132 Å². The fourth-order valence-electron chi connectivity index (χ4n) is 1.71. The van der Waals surface area contributed by atoms with Gasteiger partial charge in [-0.3, -0.25) is 4.79 Å². The second-order valence-corrected chi connectivity index (χ2v) is 4.70. The van der Waals surface area contributed by atoms with Gasteiger partial charge in [-0.1, -0.05) is 22.7 Å². The van der Waals surface area contributed by atoms with Crippen LogP contribution >= 0.6 is 11.6 Å². The van der Waals surface area contributed by atoms with Crippen molar-refractivity contribution in [3.05, 3.63) is 52.4 Å². The number of nitrogens with zero attached hydrogens (tertiary/aromatic N) is 1. The average Bonchev–Trinajstić information content (AvgIpc) is 2.93. The zero-order valence-electron chi connectivity index (χ0n) is 11.8. The fourth-order valence-corrected chi connectivity index (χ4v) is 1.87. The molecule has 0 radical (unpaired) electrons. The Hall–Kier alpha value is -2.71. The van der Waals surface area contributed by atoms with Crippen LogP contribution in [0.1, 0.15) is 21.7 Å². The maximum Gasteiger partial charge on any atom is 0.259 e. The number of carbonyl (C=O) groups is 1. The van der Waals surface area contributed by atoms with E-state index < -0.39 is 0 Å². The van der Waals surface area contributed by atoms with Crippen molar-refractivity contribution in [2.24, 2.45) is 5.16 Å². The van der Waals surface area contributed by atoms with Gasteiger partial charge < -0.3 is 14.6 Å². The molecule has 0 bridgehead atoms. The van der Waals surface area contributed by atoms with Gasteiger partial charge in [-0.2, -0.15) is 0 Å².